The molecule has 22 aromatic carbocycles. The van der Waals surface area contributed by atoms with Crippen molar-refractivity contribution >= 4 is 206 Å². The average Bonchev–Trinajstić information content (AvgIpc) is 1.65. The minimum Gasteiger partial charge on any atom is -0.456 e. The van der Waals surface area contributed by atoms with Gasteiger partial charge in [-0.2, -0.15) is 0 Å². The van der Waals surface area contributed by atoms with Crippen LogP contribution >= 0.6 is 11.3 Å². The number of rotatable bonds is 10. The topological polar surface area (TPSA) is 55.9 Å². The van der Waals surface area contributed by atoms with Gasteiger partial charge in [0.05, 0.1) is 71.9 Å². The summed E-state index contributed by atoms with van der Waals surface area (Å²) in [5.41, 5.74) is 34.6. The van der Waals surface area contributed by atoms with Crippen molar-refractivity contribution in [1.82, 2.24) is 27.4 Å². The lowest BCUT2D eigenvalue weighted by atomic mass is 10.0. The quantitative estimate of drug-likeness (QED) is 0.137. The van der Waals surface area contributed by atoms with Crippen molar-refractivity contribution in [2.75, 3.05) is 0 Å². The Morgan fingerprint density at radius 1 is 0.135 bits per heavy atom. The van der Waals surface area contributed by atoms with Gasteiger partial charge in [0.1, 0.15) is 16.7 Å². The van der Waals surface area contributed by atoms with Crippen LogP contribution in [0.3, 0.4) is 0 Å². The van der Waals surface area contributed by atoms with E-state index in [2.05, 4.69) is 501 Å². The lowest BCUT2D eigenvalue weighted by Crippen LogP contribution is -1.94. The first-order valence-corrected chi connectivity index (χ1v) is 49.0. The van der Waals surface area contributed by atoms with Crippen LogP contribution in [0, 0.1) is 0 Å². The highest BCUT2D eigenvalue weighted by Crippen LogP contribution is 2.47. The molecule has 0 aliphatic heterocycles. The van der Waals surface area contributed by atoms with E-state index in [0.29, 0.717) is 0 Å². The van der Waals surface area contributed by atoms with E-state index >= 15 is 0 Å². The summed E-state index contributed by atoms with van der Waals surface area (Å²) in [5.74, 6) is 0. The molecule has 0 bridgehead atoms. The van der Waals surface area contributed by atoms with Gasteiger partial charge in [-0.3, -0.25) is 0 Å². The van der Waals surface area contributed by atoms with E-state index in [1.165, 1.54) is 207 Å². The SMILES string of the molecule is c1ccc(-n2c3ccccc3c3cc(-c4ccc5c(c4)c4ccccc4n5-c4ccc5c(c4)oc4ccccc45)ccc32)cc1.c1ccc(-n2c3ccccc3c3cc(-c4ccc5c(c4)c4ccccc4n5-c4cccc(-c5ccc6sc7ccccc7c6c5)c4)ccc32)cc1.c1ccc(-n2c3ccccc3c3cc(-c4ccc5c(c4)c4ccccc4n5-c4cccc5c4oc4ccccc45)ccc32)cc1. The van der Waals surface area contributed by atoms with Crippen LogP contribution in [-0.2, 0) is 0 Å². The Labute approximate surface area is 812 Å². The van der Waals surface area contributed by atoms with E-state index in [-0.39, 0.29) is 0 Å². The summed E-state index contributed by atoms with van der Waals surface area (Å²) in [4.78, 5) is 0. The Morgan fingerprint density at radius 3 is 0.823 bits per heavy atom. The zero-order valence-electron chi connectivity index (χ0n) is 76.3. The number of hydrogen-bond acceptors (Lipinski definition) is 3. The molecule has 0 N–H and O–H groups in total. The lowest BCUT2D eigenvalue weighted by Gasteiger charge is -2.11. The molecular weight excluding hydrogens is 1730 g/mol. The molecule has 0 atom stereocenters. The number of benzene rings is 22. The van der Waals surface area contributed by atoms with Gasteiger partial charge in [-0.15, -0.1) is 11.3 Å². The molecule has 31 aromatic rings. The van der Waals surface area contributed by atoms with Crippen LogP contribution in [0.25, 0.3) is 274 Å². The van der Waals surface area contributed by atoms with Crippen molar-refractivity contribution in [1.29, 1.82) is 0 Å². The summed E-state index contributed by atoms with van der Waals surface area (Å²) in [6.45, 7) is 0. The predicted octanol–water partition coefficient (Wildman–Crippen LogP) is 36.5. The van der Waals surface area contributed by atoms with Crippen LogP contribution in [0.4, 0.5) is 0 Å². The molecule has 0 saturated heterocycles. The summed E-state index contributed by atoms with van der Waals surface area (Å²) < 4.78 is 29.7. The number of fused-ring (bicyclic) bond motifs is 27. The van der Waals surface area contributed by atoms with E-state index in [9.17, 15) is 0 Å². The van der Waals surface area contributed by atoms with E-state index in [0.717, 1.165) is 66.5 Å². The zero-order valence-corrected chi connectivity index (χ0v) is 77.1. The van der Waals surface area contributed by atoms with Crippen molar-refractivity contribution in [2.45, 2.75) is 0 Å². The van der Waals surface area contributed by atoms with E-state index in [4.69, 9.17) is 8.83 Å². The third kappa shape index (κ3) is 12.8. The molecule has 0 radical (unpaired) electrons. The van der Waals surface area contributed by atoms with Gasteiger partial charge in [0.15, 0.2) is 5.58 Å². The largest absolute Gasteiger partial charge is 0.456 e. The summed E-state index contributed by atoms with van der Waals surface area (Å²) in [6.07, 6.45) is 0. The zero-order chi connectivity index (χ0) is 92.4. The maximum absolute atomic E-state index is 6.49. The Balaban J connectivity index is 0.000000102. The number of para-hydroxylation sites is 12. The molecule has 0 unspecified atom stereocenters. The Morgan fingerprint density at radius 2 is 0.404 bits per heavy atom. The van der Waals surface area contributed by atoms with Crippen LogP contribution in [0.5, 0.6) is 0 Å². The first kappa shape index (κ1) is 79.8. The molecule has 0 saturated carbocycles. The Bertz CT molecular complexity index is 10600. The highest BCUT2D eigenvalue weighted by Gasteiger charge is 2.25. The first-order chi connectivity index (χ1) is 69.9. The number of hydrogen-bond donors (Lipinski definition) is 0. The molecule has 9 heterocycles. The second kappa shape index (κ2) is 32.1. The molecule has 0 amide bonds. The highest BCUT2D eigenvalue weighted by molar-refractivity contribution is 7.25. The van der Waals surface area contributed by atoms with Crippen molar-refractivity contribution in [3.8, 4) is 78.6 Å². The van der Waals surface area contributed by atoms with Gasteiger partial charge in [-0.05, 0) is 251 Å². The molecule has 9 heteroatoms. The van der Waals surface area contributed by atoms with Gasteiger partial charge in [0.25, 0.3) is 0 Å². The average molecular weight is 1820 g/mol. The highest BCUT2D eigenvalue weighted by atomic mass is 32.1. The lowest BCUT2D eigenvalue weighted by molar-refractivity contribution is 0.666. The maximum Gasteiger partial charge on any atom is 0.159 e. The van der Waals surface area contributed by atoms with E-state index in [1.807, 2.05) is 35.6 Å². The Kier molecular flexibility index (Phi) is 18.1. The summed E-state index contributed by atoms with van der Waals surface area (Å²) in [6, 6.07) is 180. The molecular formula is C132H82N6O2S. The third-order valence-corrected chi connectivity index (χ3v) is 30.3. The summed E-state index contributed by atoms with van der Waals surface area (Å²) in [5, 5.41) is 22.2. The molecule has 658 valence electrons. The maximum atomic E-state index is 6.49. The van der Waals surface area contributed by atoms with Crippen LogP contribution < -0.4 is 0 Å². The predicted molar refractivity (Wildman–Crippen MR) is 595 cm³/mol. The molecule has 31 rings (SSSR count). The van der Waals surface area contributed by atoms with Gasteiger partial charge in [0.2, 0.25) is 0 Å². The van der Waals surface area contributed by atoms with Gasteiger partial charge in [-0.25, -0.2) is 0 Å². The van der Waals surface area contributed by atoms with Gasteiger partial charge in [-0.1, -0.05) is 285 Å². The molecule has 0 aliphatic rings. The van der Waals surface area contributed by atoms with Crippen molar-refractivity contribution in [3.05, 3.63) is 497 Å². The number of aromatic nitrogens is 6. The van der Waals surface area contributed by atoms with Crippen LogP contribution in [-0.4, -0.2) is 27.4 Å². The standard InChI is InChI=1S/C48H30N2S.2C42H26N2O/c1-2-12-35(13-3-1)49-43-18-7-4-15-37(43)40-28-32(21-24-45(40)49)33-22-25-46-41(29-33)38-16-5-8-19-44(38)50(46)36-14-10-11-31(27-36)34-23-26-48-42(30-34)39-17-6-9-20-47(39)51-48;1-2-11-29(12-3-1)43-36-17-7-4-13-30(36)34-25-27(21-23-38(34)43)28-22-24-39-35(26-28)31-14-5-8-18-37(31)44(39)40-19-10-16-33-32-15-6-9-20-41(32)45-42(33)40;1-2-10-29(11-3-1)43-37-15-7-4-12-31(37)35-24-27(18-22-39(35)43)28-19-23-40-36(25-28)32-13-5-8-16-38(32)44(40)30-20-21-34-33-14-6-9-17-41(33)45-42(34)26-30/h1-30H;2*1-26H. The molecule has 8 nitrogen and oxygen atoms in total. The minimum absolute atomic E-state index is 0.902. The van der Waals surface area contributed by atoms with Crippen molar-refractivity contribution < 1.29 is 8.83 Å². The van der Waals surface area contributed by atoms with Crippen molar-refractivity contribution in [2.24, 2.45) is 0 Å². The summed E-state index contributed by atoms with van der Waals surface area (Å²) in [7, 11) is 0. The van der Waals surface area contributed by atoms with Crippen LogP contribution in [0.1, 0.15) is 0 Å². The number of thiophene rings is 1. The molecule has 0 fully saturated rings. The first-order valence-electron chi connectivity index (χ1n) is 48.1. The monoisotopic (exact) mass is 1810 g/mol. The summed E-state index contributed by atoms with van der Waals surface area (Å²) >= 11 is 1.86. The van der Waals surface area contributed by atoms with Crippen LogP contribution in [0.2, 0.25) is 0 Å². The molecule has 141 heavy (non-hydrogen) atoms. The fourth-order valence-electron chi connectivity index (χ4n) is 22.8. The minimum atomic E-state index is 0.902. The fraction of sp³-hybridized carbons (Fsp3) is 0. The fourth-order valence-corrected chi connectivity index (χ4v) is 23.9. The normalized spacial score (nSPS) is 12.0. The molecule has 0 spiro atoms. The third-order valence-electron chi connectivity index (χ3n) is 29.1. The Hall–Kier alpha value is -18.5. The van der Waals surface area contributed by atoms with Crippen molar-refractivity contribution in [3.63, 3.8) is 0 Å². The second-order valence-electron chi connectivity index (χ2n) is 36.9. The second-order valence-corrected chi connectivity index (χ2v) is 38.0. The smallest absolute Gasteiger partial charge is 0.159 e. The molecule has 9 aromatic heterocycles. The number of furan rings is 2. The van der Waals surface area contributed by atoms with Crippen LogP contribution in [0.15, 0.2) is 506 Å². The van der Waals surface area contributed by atoms with Gasteiger partial charge < -0.3 is 36.2 Å². The molecule has 0 aliphatic carbocycles. The van der Waals surface area contributed by atoms with E-state index in [1.54, 1.807) is 0 Å². The van der Waals surface area contributed by atoms with Gasteiger partial charge in [0, 0.05) is 141 Å². The van der Waals surface area contributed by atoms with E-state index < -0.39 is 0 Å². The van der Waals surface area contributed by atoms with Gasteiger partial charge >= 0.3 is 0 Å². The number of nitrogens with zero attached hydrogens (tertiary/aromatic N) is 6.